The number of rotatable bonds is 6. The molecule has 0 radical (unpaired) electrons. The van der Waals surface area contributed by atoms with Crippen molar-refractivity contribution in [2.24, 2.45) is 0 Å². The Labute approximate surface area is 120 Å². The van der Waals surface area contributed by atoms with Gasteiger partial charge in [-0.25, -0.2) is 0 Å². The Morgan fingerprint density at radius 2 is 2.06 bits per heavy atom. The molecule has 2 aromatic rings. The molecule has 2 rings (SSSR count). The molecule has 1 aromatic carbocycles. The maximum absolute atomic E-state index is 5.82. The SMILES string of the molecule is CCNC(COc1ccccc1)c1cscc1Br. The third-order valence-corrected chi connectivity index (χ3v) is 4.38. The molecule has 0 fully saturated rings. The minimum absolute atomic E-state index is 0.218. The van der Waals surface area contributed by atoms with Crippen LogP contribution in [0.5, 0.6) is 5.75 Å². The summed E-state index contributed by atoms with van der Waals surface area (Å²) in [5.74, 6) is 0.909. The summed E-state index contributed by atoms with van der Waals surface area (Å²) in [7, 11) is 0. The molecule has 0 amide bonds. The lowest BCUT2D eigenvalue weighted by Gasteiger charge is -2.18. The van der Waals surface area contributed by atoms with Crippen molar-refractivity contribution < 1.29 is 4.74 Å². The van der Waals surface area contributed by atoms with E-state index in [-0.39, 0.29) is 6.04 Å². The molecule has 1 aromatic heterocycles. The van der Waals surface area contributed by atoms with Crippen LogP contribution >= 0.6 is 27.3 Å². The van der Waals surface area contributed by atoms with Crippen LogP contribution in [0.2, 0.25) is 0 Å². The minimum atomic E-state index is 0.218. The third-order valence-electron chi connectivity index (χ3n) is 2.63. The van der Waals surface area contributed by atoms with E-state index in [1.807, 2.05) is 30.3 Å². The van der Waals surface area contributed by atoms with E-state index < -0.39 is 0 Å². The molecule has 1 unspecified atom stereocenters. The number of thiophene rings is 1. The van der Waals surface area contributed by atoms with Gasteiger partial charge in [-0.1, -0.05) is 25.1 Å². The number of hydrogen-bond acceptors (Lipinski definition) is 3. The van der Waals surface area contributed by atoms with Crippen molar-refractivity contribution in [2.45, 2.75) is 13.0 Å². The Hall–Kier alpha value is -0.840. The van der Waals surface area contributed by atoms with Crippen LogP contribution in [-0.2, 0) is 0 Å². The molecule has 0 spiro atoms. The largest absolute Gasteiger partial charge is 0.492 e. The van der Waals surface area contributed by atoms with Gasteiger partial charge in [0, 0.05) is 9.85 Å². The molecule has 1 atom stereocenters. The summed E-state index contributed by atoms with van der Waals surface area (Å²) in [5.41, 5.74) is 1.26. The van der Waals surface area contributed by atoms with E-state index in [9.17, 15) is 0 Å². The van der Waals surface area contributed by atoms with Crippen LogP contribution in [-0.4, -0.2) is 13.2 Å². The normalized spacial score (nSPS) is 12.3. The zero-order valence-corrected chi connectivity index (χ0v) is 12.6. The minimum Gasteiger partial charge on any atom is -0.492 e. The van der Waals surface area contributed by atoms with Crippen LogP contribution in [0.3, 0.4) is 0 Å². The molecule has 0 aliphatic carbocycles. The van der Waals surface area contributed by atoms with Crippen LogP contribution in [0, 0.1) is 0 Å². The summed E-state index contributed by atoms with van der Waals surface area (Å²) in [4.78, 5) is 0. The predicted molar refractivity (Wildman–Crippen MR) is 80.4 cm³/mol. The average Bonchev–Trinajstić information content (AvgIpc) is 2.82. The van der Waals surface area contributed by atoms with Gasteiger partial charge in [-0.2, -0.15) is 11.3 Å². The van der Waals surface area contributed by atoms with Gasteiger partial charge in [-0.05, 0) is 45.6 Å². The molecule has 1 N–H and O–H groups in total. The van der Waals surface area contributed by atoms with E-state index >= 15 is 0 Å². The number of nitrogens with one attached hydrogen (secondary N) is 1. The lowest BCUT2D eigenvalue weighted by atomic mass is 10.1. The summed E-state index contributed by atoms with van der Waals surface area (Å²) >= 11 is 5.28. The van der Waals surface area contributed by atoms with Crippen molar-refractivity contribution in [3.05, 3.63) is 51.1 Å². The highest BCUT2D eigenvalue weighted by atomic mass is 79.9. The number of hydrogen-bond donors (Lipinski definition) is 1. The molecular weight excluding hydrogens is 310 g/mol. The van der Waals surface area contributed by atoms with E-state index in [4.69, 9.17) is 4.74 Å². The second-order valence-corrected chi connectivity index (χ2v) is 5.51. The Kier molecular flexibility index (Phi) is 5.23. The molecule has 0 saturated heterocycles. The van der Waals surface area contributed by atoms with Crippen LogP contribution in [0.1, 0.15) is 18.5 Å². The average molecular weight is 326 g/mol. The predicted octanol–water partition coefficient (Wildman–Crippen LogP) is 4.24. The molecule has 0 aliphatic heterocycles. The summed E-state index contributed by atoms with van der Waals surface area (Å²) < 4.78 is 6.97. The smallest absolute Gasteiger partial charge is 0.119 e. The molecule has 96 valence electrons. The van der Waals surface area contributed by atoms with Gasteiger partial charge < -0.3 is 10.1 Å². The van der Waals surface area contributed by atoms with Crippen LogP contribution in [0.25, 0.3) is 0 Å². The highest BCUT2D eigenvalue weighted by molar-refractivity contribution is 9.10. The van der Waals surface area contributed by atoms with Gasteiger partial charge in [-0.3, -0.25) is 0 Å². The first kappa shape index (κ1) is 13.6. The van der Waals surface area contributed by atoms with Gasteiger partial charge in [0.2, 0.25) is 0 Å². The van der Waals surface area contributed by atoms with Crippen molar-refractivity contribution >= 4 is 27.3 Å². The van der Waals surface area contributed by atoms with Gasteiger partial charge in [0.05, 0.1) is 6.04 Å². The van der Waals surface area contributed by atoms with E-state index in [0.717, 1.165) is 16.8 Å². The highest BCUT2D eigenvalue weighted by Gasteiger charge is 2.15. The Morgan fingerprint density at radius 3 is 2.67 bits per heavy atom. The molecule has 0 aliphatic rings. The van der Waals surface area contributed by atoms with E-state index in [0.29, 0.717) is 6.61 Å². The van der Waals surface area contributed by atoms with Gasteiger partial charge in [0.25, 0.3) is 0 Å². The zero-order valence-electron chi connectivity index (χ0n) is 10.2. The fourth-order valence-corrected chi connectivity index (χ4v) is 3.37. The van der Waals surface area contributed by atoms with E-state index in [2.05, 4.69) is 38.9 Å². The van der Waals surface area contributed by atoms with Crippen LogP contribution < -0.4 is 10.1 Å². The van der Waals surface area contributed by atoms with Crippen molar-refractivity contribution in [3.63, 3.8) is 0 Å². The molecule has 2 nitrogen and oxygen atoms in total. The van der Waals surface area contributed by atoms with Crippen molar-refractivity contribution in [3.8, 4) is 5.75 Å². The van der Waals surface area contributed by atoms with Gasteiger partial charge in [-0.15, -0.1) is 0 Å². The summed E-state index contributed by atoms with van der Waals surface area (Å²) in [6.45, 7) is 3.66. The van der Waals surface area contributed by atoms with E-state index in [1.54, 1.807) is 11.3 Å². The lowest BCUT2D eigenvalue weighted by Crippen LogP contribution is -2.26. The number of para-hydroxylation sites is 1. The number of ether oxygens (including phenoxy) is 1. The Morgan fingerprint density at radius 1 is 1.28 bits per heavy atom. The summed E-state index contributed by atoms with van der Waals surface area (Å²) in [5, 5.41) is 7.71. The summed E-state index contributed by atoms with van der Waals surface area (Å²) in [6, 6.07) is 10.1. The summed E-state index contributed by atoms with van der Waals surface area (Å²) in [6.07, 6.45) is 0. The van der Waals surface area contributed by atoms with Gasteiger partial charge in [0.15, 0.2) is 0 Å². The van der Waals surface area contributed by atoms with Gasteiger partial charge in [0.1, 0.15) is 12.4 Å². The standard InChI is InChI=1S/C14H16BrNOS/c1-2-16-14(12-9-18-10-13(12)15)8-17-11-6-4-3-5-7-11/h3-7,9-10,14,16H,2,8H2,1H3. The first-order chi connectivity index (χ1) is 8.81. The number of benzene rings is 1. The van der Waals surface area contributed by atoms with Crippen molar-refractivity contribution in [1.82, 2.24) is 5.32 Å². The molecular formula is C14H16BrNOS. The quantitative estimate of drug-likeness (QED) is 0.857. The fourth-order valence-electron chi connectivity index (χ4n) is 1.74. The Balaban J connectivity index is 2.01. The van der Waals surface area contributed by atoms with Crippen molar-refractivity contribution in [1.29, 1.82) is 0 Å². The lowest BCUT2D eigenvalue weighted by molar-refractivity contribution is 0.268. The maximum Gasteiger partial charge on any atom is 0.119 e. The molecule has 4 heteroatoms. The van der Waals surface area contributed by atoms with Crippen LogP contribution in [0.4, 0.5) is 0 Å². The topological polar surface area (TPSA) is 21.3 Å². The molecule has 0 saturated carbocycles. The van der Waals surface area contributed by atoms with E-state index in [1.165, 1.54) is 5.56 Å². The zero-order chi connectivity index (χ0) is 12.8. The van der Waals surface area contributed by atoms with Gasteiger partial charge >= 0.3 is 0 Å². The highest BCUT2D eigenvalue weighted by Crippen LogP contribution is 2.28. The fraction of sp³-hybridized carbons (Fsp3) is 0.286. The second kappa shape index (κ2) is 6.92. The first-order valence-corrected chi connectivity index (χ1v) is 7.67. The maximum atomic E-state index is 5.82. The first-order valence-electron chi connectivity index (χ1n) is 5.94. The van der Waals surface area contributed by atoms with Crippen LogP contribution in [0.15, 0.2) is 45.6 Å². The number of halogens is 1. The third kappa shape index (κ3) is 3.57. The molecule has 0 bridgehead atoms. The molecule has 18 heavy (non-hydrogen) atoms. The Bertz CT molecular complexity index is 472. The monoisotopic (exact) mass is 325 g/mol. The second-order valence-electron chi connectivity index (χ2n) is 3.91. The number of likely N-dealkylation sites (N-methyl/N-ethyl adjacent to an activating group) is 1. The molecule has 1 heterocycles. The van der Waals surface area contributed by atoms with Crippen molar-refractivity contribution in [2.75, 3.05) is 13.2 Å².